The average Bonchev–Trinajstić information content (AvgIpc) is 3.77. The number of piperazine rings is 1. The quantitative estimate of drug-likeness (QED) is 0.172. The van der Waals surface area contributed by atoms with Crippen molar-refractivity contribution in [1.82, 2.24) is 20.2 Å². The number of halogens is 2. The van der Waals surface area contributed by atoms with Gasteiger partial charge < -0.3 is 24.8 Å². The fourth-order valence-corrected chi connectivity index (χ4v) is 9.41. The number of esters is 1. The molecule has 5 aliphatic rings. The van der Waals surface area contributed by atoms with Gasteiger partial charge in [-0.25, -0.2) is 8.78 Å². The Morgan fingerprint density at radius 1 is 1.04 bits per heavy atom. The van der Waals surface area contributed by atoms with Crippen LogP contribution < -0.4 is 15.0 Å². The molecule has 1 saturated carbocycles. The van der Waals surface area contributed by atoms with Crippen LogP contribution in [0.1, 0.15) is 56.9 Å². The predicted octanol–water partition coefficient (Wildman–Crippen LogP) is 5.93. The van der Waals surface area contributed by atoms with Crippen molar-refractivity contribution in [3.8, 4) is 35.2 Å². The fourth-order valence-electron chi connectivity index (χ4n) is 9.41. The number of hydrogen-bond donors (Lipinski definition) is 2. The summed E-state index contributed by atoms with van der Waals surface area (Å²) < 4.78 is 43.4. The molecule has 51 heavy (non-hydrogen) atoms. The first-order chi connectivity index (χ1) is 24.7. The lowest BCUT2D eigenvalue weighted by atomic mass is 9.89. The number of anilines is 1. The third-order valence-electron chi connectivity index (χ3n) is 12.2. The zero-order valence-corrected chi connectivity index (χ0v) is 28.6. The van der Waals surface area contributed by atoms with E-state index in [2.05, 4.69) is 21.0 Å². The van der Waals surface area contributed by atoms with Crippen molar-refractivity contribution < 1.29 is 28.2 Å². The maximum atomic E-state index is 17.0. The molecule has 4 aromatic rings. The standard InChI is InChI=1S/C40H41F2N5O4/c1-3-29-33(41)11-4-22-16-28(48)17-32(34(22)29)30-9-10-31-36(35(30)42)44-39(45-37(31)46-18-24-5-6-25(19-46)43-24)51-21-40(12-13-40)20-47-26-7-8-27(47)15-23(14-26)38(49)50-2/h1,4,9-11,16-17,23-27,43,48H,5-8,12-15,18-21H2,2H3. The molecular formula is C40H41F2N5O4. The number of carbonyl (C=O) groups excluding carboxylic acids is 1. The first kappa shape index (κ1) is 32.4. The highest BCUT2D eigenvalue weighted by Crippen LogP contribution is 2.50. The molecule has 9 nitrogen and oxygen atoms in total. The van der Waals surface area contributed by atoms with Gasteiger partial charge in [-0.15, -0.1) is 6.42 Å². The van der Waals surface area contributed by atoms with Crippen LogP contribution in [-0.2, 0) is 9.53 Å². The van der Waals surface area contributed by atoms with Crippen LogP contribution in [0, 0.1) is 35.3 Å². The molecule has 1 aromatic heterocycles. The van der Waals surface area contributed by atoms with Gasteiger partial charge in [0.1, 0.15) is 22.9 Å². The van der Waals surface area contributed by atoms with Gasteiger partial charge in [0.05, 0.1) is 25.2 Å². The van der Waals surface area contributed by atoms with Crippen molar-refractivity contribution in [1.29, 1.82) is 0 Å². The predicted molar refractivity (Wildman–Crippen MR) is 190 cm³/mol. The van der Waals surface area contributed by atoms with Crippen LogP contribution in [0.2, 0.25) is 0 Å². The van der Waals surface area contributed by atoms with Gasteiger partial charge in [0.2, 0.25) is 0 Å². The SMILES string of the molecule is C#Cc1c(F)ccc2cc(O)cc(-c3ccc4c(N5CC6CCC(C5)N6)nc(OCC5(CN6C7CCC6CC(C(=O)OC)C7)CC5)nc4c3F)c12. The number of carbonyl (C=O) groups is 1. The molecular weight excluding hydrogens is 652 g/mol. The van der Waals surface area contributed by atoms with Crippen LogP contribution >= 0.6 is 0 Å². The second-order valence-corrected chi connectivity index (χ2v) is 15.4. The number of aromatic hydroxyl groups is 1. The van der Waals surface area contributed by atoms with E-state index >= 15 is 4.39 Å². The minimum atomic E-state index is -0.621. The van der Waals surface area contributed by atoms with E-state index in [4.69, 9.17) is 25.9 Å². The summed E-state index contributed by atoms with van der Waals surface area (Å²) in [5.74, 6) is 1.61. The normalized spacial score (nSPS) is 26.4. The van der Waals surface area contributed by atoms with Crippen LogP contribution in [0.25, 0.3) is 32.8 Å². The van der Waals surface area contributed by atoms with E-state index in [1.54, 1.807) is 12.1 Å². The number of phenolic OH excluding ortho intramolecular Hbond substituents is 1. The molecule has 5 fully saturated rings. The number of aromatic nitrogens is 2. The van der Waals surface area contributed by atoms with Gasteiger partial charge in [-0.05, 0) is 86.6 Å². The van der Waals surface area contributed by atoms with E-state index in [-0.39, 0.29) is 51.3 Å². The lowest BCUT2D eigenvalue weighted by Gasteiger charge is -2.40. The van der Waals surface area contributed by atoms with Crippen molar-refractivity contribution >= 4 is 33.5 Å². The summed E-state index contributed by atoms with van der Waals surface area (Å²) >= 11 is 0. The number of phenols is 1. The topological polar surface area (TPSA) is 100 Å². The number of ether oxygens (including phenoxy) is 2. The number of benzene rings is 3. The Balaban J connectivity index is 1.07. The number of nitrogens with one attached hydrogen (secondary N) is 1. The third kappa shape index (κ3) is 5.64. The molecule has 4 bridgehead atoms. The Labute approximate surface area is 295 Å². The molecule has 0 spiro atoms. The summed E-state index contributed by atoms with van der Waals surface area (Å²) in [5, 5.41) is 15.7. The number of piperidine rings is 1. The van der Waals surface area contributed by atoms with Gasteiger partial charge >= 0.3 is 12.0 Å². The monoisotopic (exact) mass is 693 g/mol. The number of hydrogen-bond acceptors (Lipinski definition) is 9. The average molecular weight is 694 g/mol. The third-order valence-corrected chi connectivity index (χ3v) is 12.2. The van der Waals surface area contributed by atoms with Crippen LogP contribution in [0.4, 0.5) is 14.6 Å². The van der Waals surface area contributed by atoms with Crippen LogP contribution in [0.5, 0.6) is 11.8 Å². The highest BCUT2D eigenvalue weighted by molar-refractivity contribution is 6.04. The molecule has 5 heterocycles. The van der Waals surface area contributed by atoms with Gasteiger partial charge in [-0.1, -0.05) is 18.1 Å². The van der Waals surface area contributed by atoms with Gasteiger partial charge in [0.15, 0.2) is 5.82 Å². The Morgan fingerprint density at radius 2 is 1.78 bits per heavy atom. The molecule has 4 atom stereocenters. The van der Waals surface area contributed by atoms with Gasteiger partial charge in [0.25, 0.3) is 0 Å². The molecule has 264 valence electrons. The zero-order valence-electron chi connectivity index (χ0n) is 28.6. The largest absolute Gasteiger partial charge is 0.508 e. The number of methoxy groups -OCH3 is 1. The Hall–Kier alpha value is -4.53. The highest BCUT2D eigenvalue weighted by Gasteiger charge is 2.51. The van der Waals surface area contributed by atoms with Gasteiger partial charge in [0, 0.05) is 65.6 Å². The molecule has 3 aromatic carbocycles. The van der Waals surface area contributed by atoms with E-state index < -0.39 is 11.6 Å². The van der Waals surface area contributed by atoms with Crippen molar-refractivity contribution in [2.75, 3.05) is 38.3 Å². The van der Waals surface area contributed by atoms with Crippen LogP contribution in [0.15, 0.2) is 36.4 Å². The zero-order chi connectivity index (χ0) is 35.0. The van der Waals surface area contributed by atoms with E-state index in [9.17, 15) is 14.3 Å². The molecule has 0 amide bonds. The van der Waals surface area contributed by atoms with Crippen molar-refractivity contribution in [3.63, 3.8) is 0 Å². The summed E-state index contributed by atoms with van der Waals surface area (Å²) in [5.41, 5.74) is 0.472. The second kappa shape index (κ2) is 12.3. The molecule has 1 aliphatic carbocycles. The summed E-state index contributed by atoms with van der Waals surface area (Å²) in [6.45, 7) is 2.77. The van der Waals surface area contributed by atoms with Crippen molar-refractivity contribution in [2.45, 2.75) is 75.5 Å². The maximum Gasteiger partial charge on any atom is 0.319 e. The van der Waals surface area contributed by atoms with Crippen molar-refractivity contribution in [2.24, 2.45) is 11.3 Å². The smallest absolute Gasteiger partial charge is 0.319 e. The minimum Gasteiger partial charge on any atom is -0.508 e. The number of rotatable bonds is 8. The van der Waals surface area contributed by atoms with E-state index in [0.717, 1.165) is 71.0 Å². The number of nitrogens with zero attached hydrogens (tertiary/aromatic N) is 4. The van der Waals surface area contributed by atoms with Crippen molar-refractivity contribution in [3.05, 3.63) is 53.6 Å². The first-order valence-corrected chi connectivity index (χ1v) is 18.1. The fraction of sp³-hybridized carbons (Fsp3) is 0.475. The van der Waals surface area contributed by atoms with E-state index in [1.165, 1.54) is 31.4 Å². The molecule has 4 unspecified atom stereocenters. The Bertz CT molecular complexity index is 2090. The molecule has 2 N–H and O–H groups in total. The van der Waals surface area contributed by atoms with Crippen LogP contribution in [0.3, 0.4) is 0 Å². The summed E-state index contributed by atoms with van der Waals surface area (Å²) in [7, 11) is 1.47. The minimum absolute atomic E-state index is 0.00313. The van der Waals surface area contributed by atoms with E-state index in [0.29, 0.717) is 52.8 Å². The lowest BCUT2D eigenvalue weighted by Crippen LogP contribution is -2.51. The molecule has 9 rings (SSSR count). The Morgan fingerprint density at radius 3 is 2.47 bits per heavy atom. The maximum absolute atomic E-state index is 17.0. The molecule has 4 aliphatic heterocycles. The summed E-state index contributed by atoms with van der Waals surface area (Å²) in [6.07, 6.45) is 13.8. The molecule has 0 radical (unpaired) electrons. The highest BCUT2D eigenvalue weighted by atomic mass is 19.1. The van der Waals surface area contributed by atoms with Crippen LogP contribution in [-0.4, -0.2) is 83.5 Å². The first-order valence-electron chi connectivity index (χ1n) is 18.1. The summed E-state index contributed by atoms with van der Waals surface area (Å²) in [6, 6.07) is 10.6. The number of terminal acetylenes is 1. The summed E-state index contributed by atoms with van der Waals surface area (Å²) in [4.78, 5) is 26.8. The molecule has 11 heteroatoms. The van der Waals surface area contributed by atoms with E-state index in [1.807, 2.05) is 0 Å². The van der Waals surface area contributed by atoms with Gasteiger partial charge in [-0.2, -0.15) is 9.97 Å². The molecule has 4 saturated heterocycles. The second-order valence-electron chi connectivity index (χ2n) is 15.4. The van der Waals surface area contributed by atoms with Gasteiger partial charge in [-0.3, -0.25) is 9.69 Å². The number of fused-ring (bicyclic) bond motifs is 6. The Kier molecular flexibility index (Phi) is 7.82. The lowest BCUT2D eigenvalue weighted by molar-refractivity contribution is -0.148.